The van der Waals surface area contributed by atoms with E-state index in [4.69, 9.17) is 5.73 Å². The molecule has 0 saturated heterocycles. The molecule has 1 aromatic carbocycles. The van der Waals surface area contributed by atoms with Gasteiger partial charge in [-0.25, -0.2) is 4.39 Å². The molecule has 0 spiro atoms. The number of fused-ring (bicyclic) bond motifs is 1. The van der Waals surface area contributed by atoms with Crippen LogP contribution in [0.2, 0.25) is 0 Å². The molecule has 1 heterocycles. The second-order valence-corrected chi connectivity index (χ2v) is 4.21. The summed E-state index contributed by atoms with van der Waals surface area (Å²) in [5.74, 6) is -0.186. The Balaban J connectivity index is 2.84. The number of alkyl halides is 1. The van der Waals surface area contributed by atoms with Crippen LogP contribution >= 0.6 is 27.3 Å². The average molecular weight is 260 g/mol. The highest BCUT2D eigenvalue weighted by Gasteiger charge is 2.07. The molecule has 1 aromatic heterocycles. The third-order valence-electron chi connectivity index (χ3n) is 1.87. The number of hydrogen-bond donors (Lipinski definition) is 1. The van der Waals surface area contributed by atoms with Crippen LogP contribution in [0.4, 0.5) is 10.1 Å². The van der Waals surface area contributed by atoms with E-state index in [0.717, 1.165) is 10.3 Å². The van der Waals surface area contributed by atoms with Crippen molar-refractivity contribution in [3.05, 3.63) is 28.9 Å². The second kappa shape index (κ2) is 3.27. The summed E-state index contributed by atoms with van der Waals surface area (Å²) in [7, 11) is 0. The van der Waals surface area contributed by atoms with Crippen LogP contribution in [0, 0.1) is 5.82 Å². The van der Waals surface area contributed by atoms with E-state index in [1.165, 1.54) is 16.7 Å². The monoisotopic (exact) mass is 259 g/mol. The Morgan fingerprint density at radius 3 is 2.92 bits per heavy atom. The molecule has 0 saturated carbocycles. The number of thiophene rings is 1. The summed E-state index contributed by atoms with van der Waals surface area (Å²) in [6.07, 6.45) is 0. The van der Waals surface area contributed by atoms with Crippen molar-refractivity contribution in [1.82, 2.24) is 0 Å². The van der Waals surface area contributed by atoms with Crippen LogP contribution in [-0.2, 0) is 5.33 Å². The largest absolute Gasteiger partial charge is 0.399 e. The van der Waals surface area contributed by atoms with Gasteiger partial charge >= 0.3 is 0 Å². The van der Waals surface area contributed by atoms with E-state index in [1.807, 2.05) is 6.07 Å². The Hall–Kier alpha value is -0.610. The maximum atomic E-state index is 13.2. The highest BCUT2D eigenvalue weighted by atomic mass is 79.9. The molecule has 0 bridgehead atoms. The second-order valence-electron chi connectivity index (χ2n) is 2.77. The van der Waals surface area contributed by atoms with Crippen molar-refractivity contribution in [2.45, 2.75) is 5.33 Å². The minimum Gasteiger partial charge on any atom is -0.399 e. The lowest BCUT2D eigenvalue weighted by Gasteiger charge is -2.00. The van der Waals surface area contributed by atoms with E-state index in [2.05, 4.69) is 15.9 Å². The highest BCUT2D eigenvalue weighted by molar-refractivity contribution is 9.08. The normalized spacial score (nSPS) is 10.9. The molecular formula is C9H7BrFNS. The van der Waals surface area contributed by atoms with Crippen LogP contribution in [0.5, 0.6) is 0 Å². The Morgan fingerprint density at radius 1 is 1.46 bits per heavy atom. The van der Waals surface area contributed by atoms with Crippen LogP contribution in [0.15, 0.2) is 17.5 Å². The van der Waals surface area contributed by atoms with E-state index in [9.17, 15) is 4.39 Å². The standard InChI is InChI=1S/C9H7BrFNS/c10-3-5-1-6(12)2-7-8(11)4-13-9(5)7/h1-2,4H,3,12H2. The molecule has 0 atom stereocenters. The molecule has 13 heavy (non-hydrogen) atoms. The third-order valence-corrected chi connectivity index (χ3v) is 3.52. The number of halogens is 2. The summed E-state index contributed by atoms with van der Waals surface area (Å²) in [5, 5.41) is 2.84. The van der Waals surface area contributed by atoms with E-state index in [1.54, 1.807) is 6.07 Å². The first-order valence-corrected chi connectivity index (χ1v) is 5.73. The van der Waals surface area contributed by atoms with Crippen LogP contribution < -0.4 is 5.73 Å². The van der Waals surface area contributed by atoms with Crippen molar-refractivity contribution in [2.75, 3.05) is 5.73 Å². The summed E-state index contributed by atoms with van der Waals surface area (Å²) < 4.78 is 14.2. The van der Waals surface area contributed by atoms with Gasteiger partial charge in [-0.15, -0.1) is 11.3 Å². The molecule has 0 aliphatic carbocycles. The molecule has 0 radical (unpaired) electrons. The fourth-order valence-electron chi connectivity index (χ4n) is 1.30. The van der Waals surface area contributed by atoms with Crippen molar-refractivity contribution in [3.63, 3.8) is 0 Å². The Labute approximate surface area is 87.5 Å². The first-order valence-electron chi connectivity index (χ1n) is 3.73. The number of hydrogen-bond acceptors (Lipinski definition) is 2. The van der Waals surface area contributed by atoms with Crippen LogP contribution in [0.3, 0.4) is 0 Å². The van der Waals surface area contributed by atoms with Gasteiger partial charge in [0.1, 0.15) is 5.82 Å². The van der Waals surface area contributed by atoms with Crippen molar-refractivity contribution in [2.24, 2.45) is 0 Å². The predicted molar refractivity (Wildman–Crippen MR) is 58.8 cm³/mol. The molecule has 0 fully saturated rings. The van der Waals surface area contributed by atoms with E-state index >= 15 is 0 Å². The number of anilines is 1. The molecule has 0 aliphatic rings. The molecular weight excluding hydrogens is 253 g/mol. The third kappa shape index (κ3) is 1.44. The lowest BCUT2D eigenvalue weighted by atomic mass is 10.1. The first kappa shape index (κ1) is 8.97. The molecule has 4 heteroatoms. The summed E-state index contributed by atoms with van der Waals surface area (Å²) >= 11 is 4.76. The molecule has 2 rings (SSSR count). The van der Waals surface area contributed by atoms with Gasteiger partial charge in [0, 0.05) is 26.5 Å². The topological polar surface area (TPSA) is 26.0 Å². The molecule has 1 nitrogen and oxygen atoms in total. The zero-order valence-electron chi connectivity index (χ0n) is 6.68. The number of nitrogens with two attached hydrogens (primary N) is 1. The summed E-state index contributed by atoms with van der Waals surface area (Å²) in [4.78, 5) is 0. The van der Waals surface area contributed by atoms with Crippen molar-refractivity contribution in [1.29, 1.82) is 0 Å². The number of rotatable bonds is 1. The lowest BCUT2D eigenvalue weighted by Crippen LogP contribution is -1.87. The van der Waals surface area contributed by atoms with Crippen LogP contribution in [0.25, 0.3) is 10.1 Å². The molecule has 0 unspecified atom stereocenters. The van der Waals surface area contributed by atoms with Gasteiger partial charge in [-0.3, -0.25) is 0 Å². The summed E-state index contributed by atoms with van der Waals surface area (Å²) in [6, 6.07) is 3.54. The Kier molecular flexibility index (Phi) is 2.26. The summed E-state index contributed by atoms with van der Waals surface area (Å²) in [6.45, 7) is 0. The molecule has 2 aromatic rings. The van der Waals surface area contributed by atoms with Gasteiger partial charge < -0.3 is 5.73 Å². The van der Waals surface area contributed by atoms with Crippen LogP contribution in [-0.4, -0.2) is 0 Å². The fraction of sp³-hybridized carbons (Fsp3) is 0.111. The molecule has 68 valence electrons. The van der Waals surface area contributed by atoms with Gasteiger partial charge in [0.2, 0.25) is 0 Å². The van der Waals surface area contributed by atoms with Gasteiger partial charge in [0.05, 0.1) is 0 Å². The Bertz CT molecular complexity index is 452. The molecule has 2 N–H and O–H groups in total. The van der Waals surface area contributed by atoms with Crippen molar-refractivity contribution < 1.29 is 4.39 Å². The maximum Gasteiger partial charge on any atom is 0.141 e. The zero-order chi connectivity index (χ0) is 9.42. The molecule has 0 amide bonds. The quantitative estimate of drug-likeness (QED) is 0.616. The van der Waals surface area contributed by atoms with Gasteiger partial charge in [-0.2, -0.15) is 0 Å². The number of nitrogen functional groups attached to an aromatic ring is 1. The smallest absolute Gasteiger partial charge is 0.141 e. The summed E-state index contributed by atoms with van der Waals surface area (Å²) in [5.41, 5.74) is 7.30. The van der Waals surface area contributed by atoms with Crippen molar-refractivity contribution in [3.8, 4) is 0 Å². The minimum absolute atomic E-state index is 0.186. The molecule has 0 aliphatic heterocycles. The van der Waals surface area contributed by atoms with Crippen LogP contribution in [0.1, 0.15) is 5.56 Å². The SMILES string of the molecule is Nc1cc(CBr)c2scc(F)c2c1. The maximum absolute atomic E-state index is 13.2. The van der Waals surface area contributed by atoms with Crippen molar-refractivity contribution >= 4 is 43.0 Å². The fourth-order valence-corrected chi connectivity index (χ4v) is 2.85. The average Bonchev–Trinajstić information content (AvgIpc) is 2.47. The van der Waals surface area contributed by atoms with Gasteiger partial charge in [-0.1, -0.05) is 15.9 Å². The predicted octanol–water partition coefficient (Wildman–Crippen LogP) is 3.52. The van der Waals surface area contributed by atoms with Gasteiger partial charge in [-0.05, 0) is 17.7 Å². The van der Waals surface area contributed by atoms with E-state index in [0.29, 0.717) is 16.4 Å². The van der Waals surface area contributed by atoms with E-state index < -0.39 is 0 Å². The first-order chi connectivity index (χ1) is 6.22. The van der Waals surface area contributed by atoms with Gasteiger partial charge in [0.15, 0.2) is 0 Å². The zero-order valence-corrected chi connectivity index (χ0v) is 9.08. The highest BCUT2D eigenvalue weighted by Crippen LogP contribution is 2.31. The number of benzene rings is 1. The van der Waals surface area contributed by atoms with E-state index in [-0.39, 0.29) is 5.82 Å². The Morgan fingerprint density at radius 2 is 2.23 bits per heavy atom. The minimum atomic E-state index is -0.186. The van der Waals surface area contributed by atoms with Gasteiger partial charge in [0.25, 0.3) is 0 Å². The lowest BCUT2D eigenvalue weighted by molar-refractivity contribution is 0.644.